The third-order valence-corrected chi connectivity index (χ3v) is 6.78. The maximum atomic E-state index is 9.82. The number of benzene rings is 4. The van der Waals surface area contributed by atoms with E-state index >= 15 is 0 Å². The van der Waals surface area contributed by atoms with E-state index < -0.39 is 0 Å². The van der Waals surface area contributed by atoms with Gasteiger partial charge in [0, 0.05) is 36.9 Å². The Labute approximate surface area is 239 Å². The first kappa shape index (κ1) is 27.2. The number of rotatable bonds is 10. The molecule has 0 aliphatic heterocycles. The van der Waals surface area contributed by atoms with Crippen LogP contribution in [0.5, 0.6) is 11.5 Å². The average molecular weight is 548 g/mol. The molecule has 5 aromatic rings. The second-order valence-electron chi connectivity index (χ2n) is 9.76. The molecule has 5 rings (SSSR count). The van der Waals surface area contributed by atoms with Crippen LogP contribution in [-0.2, 0) is 6.54 Å². The molecule has 0 atom stereocenters. The topological polar surface area (TPSA) is 73.2 Å². The quantitative estimate of drug-likeness (QED) is 0.175. The van der Waals surface area contributed by atoms with Crippen LogP contribution in [0.25, 0.3) is 22.0 Å². The molecule has 1 aromatic heterocycles. The molecule has 0 radical (unpaired) electrons. The average Bonchev–Trinajstić information content (AvgIpc) is 2.97. The molecule has 0 aliphatic rings. The lowest BCUT2D eigenvalue weighted by molar-refractivity contribution is 0.400. The monoisotopic (exact) mass is 547 g/mol. The predicted molar refractivity (Wildman–Crippen MR) is 163 cm³/mol. The molecule has 0 saturated carbocycles. The number of aromatic nitrogens is 1. The highest BCUT2D eigenvalue weighted by atomic mass is 35.5. The van der Waals surface area contributed by atoms with Crippen molar-refractivity contribution in [3.05, 3.63) is 113 Å². The summed E-state index contributed by atoms with van der Waals surface area (Å²) in [7, 11) is 4.15. The van der Waals surface area contributed by atoms with Crippen molar-refractivity contribution in [1.82, 2.24) is 15.2 Å². The van der Waals surface area contributed by atoms with Gasteiger partial charge >= 0.3 is 0 Å². The SMILES string of the molecule is CN(C)CCNCc1cccc(-c2ccc3c(Nc4ccc(Oc5ccccc5)c(Cl)c4)c(C#N)cnc3c2)c1. The lowest BCUT2D eigenvalue weighted by Crippen LogP contribution is -2.26. The highest BCUT2D eigenvalue weighted by molar-refractivity contribution is 6.32. The Morgan fingerprint density at radius 2 is 1.75 bits per heavy atom. The molecule has 0 aliphatic carbocycles. The van der Waals surface area contributed by atoms with Crippen LogP contribution in [-0.4, -0.2) is 37.1 Å². The zero-order valence-electron chi connectivity index (χ0n) is 22.5. The van der Waals surface area contributed by atoms with Crippen molar-refractivity contribution in [3.63, 3.8) is 0 Å². The van der Waals surface area contributed by atoms with Gasteiger partial charge in [-0.1, -0.05) is 60.1 Å². The van der Waals surface area contributed by atoms with Gasteiger partial charge in [0.1, 0.15) is 17.6 Å². The van der Waals surface area contributed by atoms with Crippen LogP contribution < -0.4 is 15.4 Å². The summed E-state index contributed by atoms with van der Waals surface area (Å²) < 4.78 is 5.90. The third-order valence-electron chi connectivity index (χ3n) is 6.49. The summed E-state index contributed by atoms with van der Waals surface area (Å²) in [6.07, 6.45) is 1.61. The van der Waals surface area contributed by atoms with Crippen molar-refractivity contribution in [1.29, 1.82) is 5.26 Å². The molecule has 1 heterocycles. The molecule has 0 saturated heterocycles. The molecular weight excluding hydrogens is 518 g/mol. The van der Waals surface area contributed by atoms with Crippen LogP contribution >= 0.6 is 11.6 Å². The first-order valence-electron chi connectivity index (χ1n) is 13.1. The van der Waals surface area contributed by atoms with Gasteiger partial charge in [-0.15, -0.1) is 0 Å². The second kappa shape index (κ2) is 12.6. The molecule has 0 bridgehead atoms. The summed E-state index contributed by atoms with van der Waals surface area (Å²) in [5.74, 6) is 1.26. The second-order valence-corrected chi connectivity index (χ2v) is 10.2. The van der Waals surface area contributed by atoms with Crippen molar-refractivity contribution in [2.75, 3.05) is 32.5 Å². The fourth-order valence-electron chi connectivity index (χ4n) is 4.41. The Hall–Kier alpha value is -4.41. The van der Waals surface area contributed by atoms with Crippen LogP contribution in [0.3, 0.4) is 0 Å². The maximum Gasteiger partial charge on any atom is 0.146 e. The number of nitrogens with one attached hydrogen (secondary N) is 2. The summed E-state index contributed by atoms with van der Waals surface area (Å²) in [5.41, 5.74) is 6.09. The van der Waals surface area contributed by atoms with Gasteiger partial charge in [-0.25, -0.2) is 0 Å². The zero-order chi connectivity index (χ0) is 27.9. The summed E-state index contributed by atoms with van der Waals surface area (Å²) >= 11 is 6.54. The van der Waals surface area contributed by atoms with Crippen molar-refractivity contribution in [2.45, 2.75) is 6.54 Å². The van der Waals surface area contributed by atoms with Crippen LogP contribution in [0.15, 0.2) is 97.2 Å². The fourth-order valence-corrected chi connectivity index (χ4v) is 4.63. The first-order valence-corrected chi connectivity index (χ1v) is 13.4. The van der Waals surface area contributed by atoms with Gasteiger partial charge in [0.25, 0.3) is 0 Å². The van der Waals surface area contributed by atoms with Crippen molar-refractivity contribution in [2.24, 2.45) is 0 Å². The van der Waals surface area contributed by atoms with Crippen LogP contribution in [0, 0.1) is 11.3 Å². The first-order chi connectivity index (χ1) is 19.5. The molecule has 4 aromatic carbocycles. The number of hydrogen-bond acceptors (Lipinski definition) is 6. The number of nitriles is 1. The Kier molecular flexibility index (Phi) is 8.58. The Morgan fingerprint density at radius 3 is 2.52 bits per heavy atom. The van der Waals surface area contributed by atoms with Gasteiger partial charge in [0.05, 0.1) is 21.8 Å². The maximum absolute atomic E-state index is 9.82. The number of pyridine rings is 1. The fraction of sp³-hybridized carbons (Fsp3) is 0.152. The number of anilines is 2. The van der Waals surface area contributed by atoms with Gasteiger partial charge in [0.15, 0.2) is 0 Å². The Bertz CT molecular complexity index is 1660. The molecule has 200 valence electrons. The molecule has 0 spiro atoms. The van der Waals surface area contributed by atoms with E-state index in [2.05, 4.69) is 77.1 Å². The van der Waals surface area contributed by atoms with E-state index in [-0.39, 0.29) is 0 Å². The number of fused-ring (bicyclic) bond motifs is 1. The van der Waals surface area contributed by atoms with Crippen molar-refractivity contribution in [3.8, 4) is 28.7 Å². The van der Waals surface area contributed by atoms with Crippen molar-refractivity contribution >= 4 is 33.9 Å². The smallest absolute Gasteiger partial charge is 0.146 e. The van der Waals surface area contributed by atoms with Crippen LogP contribution in [0.4, 0.5) is 11.4 Å². The number of hydrogen-bond donors (Lipinski definition) is 2. The van der Waals surface area contributed by atoms with Gasteiger partial charge in [-0.3, -0.25) is 4.98 Å². The highest BCUT2D eigenvalue weighted by Crippen LogP contribution is 2.35. The number of ether oxygens (including phenoxy) is 1. The minimum Gasteiger partial charge on any atom is -0.456 e. The van der Waals surface area contributed by atoms with E-state index in [4.69, 9.17) is 16.3 Å². The summed E-state index contributed by atoms with van der Waals surface area (Å²) in [6, 6.07) is 31.9. The Balaban J connectivity index is 1.39. The van der Waals surface area contributed by atoms with E-state index in [9.17, 15) is 5.26 Å². The zero-order valence-corrected chi connectivity index (χ0v) is 23.2. The molecule has 7 heteroatoms. The molecule has 0 amide bonds. The predicted octanol–water partition coefficient (Wildman–Crippen LogP) is 7.61. The van der Waals surface area contributed by atoms with Crippen LogP contribution in [0.1, 0.15) is 11.1 Å². The standard InChI is InChI=1S/C33H30ClN5O/c1-39(2)16-15-36-21-23-7-6-8-24(17-23)25-11-13-29-31(18-25)37-22-26(20-35)33(29)38-27-12-14-32(30(34)19-27)40-28-9-4-3-5-10-28/h3-14,17-19,22,36H,15-16,21H2,1-2H3,(H,37,38). The van der Waals surface area contributed by atoms with Crippen molar-refractivity contribution < 1.29 is 4.74 Å². The van der Waals surface area contributed by atoms with E-state index in [0.717, 1.165) is 47.4 Å². The lowest BCUT2D eigenvalue weighted by atomic mass is 10.00. The number of halogens is 1. The number of para-hydroxylation sites is 1. The van der Waals surface area contributed by atoms with E-state index in [1.165, 1.54) is 5.56 Å². The molecule has 6 nitrogen and oxygen atoms in total. The minimum atomic E-state index is 0.451. The highest BCUT2D eigenvalue weighted by Gasteiger charge is 2.12. The molecule has 0 unspecified atom stereocenters. The molecule has 0 fully saturated rings. The van der Waals surface area contributed by atoms with Crippen LogP contribution in [0.2, 0.25) is 5.02 Å². The van der Waals surface area contributed by atoms with Gasteiger partial charge in [0.2, 0.25) is 0 Å². The van der Waals surface area contributed by atoms with E-state index in [1.54, 1.807) is 12.3 Å². The van der Waals surface area contributed by atoms with Gasteiger partial charge in [-0.2, -0.15) is 5.26 Å². The summed E-state index contributed by atoms with van der Waals surface area (Å²) in [5, 5.41) is 18.0. The Morgan fingerprint density at radius 1 is 0.925 bits per heavy atom. The third kappa shape index (κ3) is 6.59. The number of nitrogens with zero attached hydrogens (tertiary/aromatic N) is 3. The molecule has 2 N–H and O–H groups in total. The van der Waals surface area contributed by atoms with Gasteiger partial charge < -0.3 is 20.3 Å². The largest absolute Gasteiger partial charge is 0.456 e. The lowest BCUT2D eigenvalue weighted by Gasteiger charge is -2.14. The number of likely N-dealkylation sites (N-methyl/N-ethyl adjacent to an activating group) is 1. The molecular formula is C33H30ClN5O. The summed E-state index contributed by atoms with van der Waals surface area (Å²) in [4.78, 5) is 6.76. The van der Waals surface area contributed by atoms with Gasteiger partial charge in [-0.05, 0) is 73.3 Å². The summed E-state index contributed by atoms with van der Waals surface area (Å²) in [6.45, 7) is 2.74. The van der Waals surface area contributed by atoms with E-state index in [1.807, 2.05) is 48.5 Å². The minimum absolute atomic E-state index is 0.451. The normalized spacial score (nSPS) is 11.0. The molecule has 40 heavy (non-hydrogen) atoms. The van der Waals surface area contributed by atoms with E-state index in [0.29, 0.717) is 27.8 Å².